The number of likely N-dealkylation sites (tertiary alicyclic amines) is 1. The molecular formula is C24H28N2O4. The second-order valence-corrected chi connectivity index (χ2v) is 8.61. The summed E-state index contributed by atoms with van der Waals surface area (Å²) in [6.45, 7) is 5.45. The summed E-state index contributed by atoms with van der Waals surface area (Å²) in [6.07, 6.45) is 2.23. The molecule has 0 spiro atoms. The van der Waals surface area contributed by atoms with E-state index in [9.17, 15) is 9.59 Å². The van der Waals surface area contributed by atoms with Crippen LogP contribution in [0.2, 0.25) is 0 Å². The lowest BCUT2D eigenvalue weighted by molar-refractivity contribution is -0.128. The lowest BCUT2D eigenvalue weighted by Crippen LogP contribution is -2.41. The third kappa shape index (κ3) is 4.27. The van der Waals surface area contributed by atoms with Crippen molar-refractivity contribution >= 4 is 11.8 Å². The van der Waals surface area contributed by atoms with E-state index in [1.54, 1.807) is 7.11 Å². The number of carbonyl (C=O) groups excluding carboxylic acids is 2. The summed E-state index contributed by atoms with van der Waals surface area (Å²) in [5.74, 6) is 1.54. The largest absolute Gasteiger partial charge is 0.497 e. The maximum Gasteiger partial charge on any atom is 0.251 e. The van der Waals surface area contributed by atoms with E-state index in [4.69, 9.17) is 9.47 Å². The van der Waals surface area contributed by atoms with Crippen molar-refractivity contribution in [2.75, 3.05) is 13.7 Å². The zero-order chi connectivity index (χ0) is 21.3. The van der Waals surface area contributed by atoms with Crippen LogP contribution in [0.3, 0.4) is 0 Å². The first-order valence-corrected chi connectivity index (χ1v) is 10.4. The highest BCUT2D eigenvalue weighted by Gasteiger charge is 2.35. The van der Waals surface area contributed by atoms with E-state index in [1.165, 1.54) is 0 Å². The van der Waals surface area contributed by atoms with Crippen LogP contribution >= 0.6 is 0 Å². The fraction of sp³-hybridized carbons (Fsp3) is 0.417. The average molecular weight is 408 g/mol. The summed E-state index contributed by atoms with van der Waals surface area (Å²) >= 11 is 0. The minimum atomic E-state index is -0.399. The van der Waals surface area contributed by atoms with Crippen molar-refractivity contribution in [3.8, 4) is 11.5 Å². The van der Waals surface area contributed by atoms with Gasteiger partial charge in [-0.2, -0.15) is 0 Å². The molecule has 1 N–H and O–H groups in total. The maximum atomic E-state index is 12.9. The van der Waals surface area contributed by atoms with Crippen LogP contribution in [-0.2, 0) is 11.3 Å². The van der Waals surface area contributed by atoms with E-state index in [-0.39, 0.29) is 17.9 Å². The Labute approximate surface area is 177 Å². The standard InChI is InChI=1S/C24H28N2O4/c1-24(2)14-20(19-11-10-18(29-3)13-21(19)30-24)25-23(28)17-8-6-16(7-9-17)15-26-12-4-5-22(26)27/h6-11,13,20H,4-5,12,14-15H2,1-3H3,(H,25,28). The summed E-state index contributed by atoms with van der Waals surface area (Å²) in [5.41, 5.74) is 2.19. The number of carbonyl (C=O) groups is 2. The molecule has 2 heterocycles. The van der Waals surface area contributed by atoms with Gasteiger partial charge >= 0.3 is 0 Å². The normalized spacial score (nSPS) is 19.8. The van der Waals surface area contributed by atoms with Crippen LogP contribution in [0, 0.1) is 0 Å². The second-order valence-electron chi connectivity index (χ2n) is 8.61. The van der Waals surface area contributed by atoms with E-state index in [1.807, 2.05) is 61.2 Å². The predicted molar refractivity (Wildman–Crippen MR) is 114 cm³/mol. The molecule has 30 heavy (non-hydrogen) atoms. The summed E-state index contributed by atoms with van der Waals surface area (Å²) < 4.78 is 11.4. The number of hydrogen-bond acceptors (Lipinski definition) is 4. The van der Waals surface area contributed by atoms with Gasteiger partial charge in [0, 0.05) is 43.1 Å². The highest BCUT2D eigenvalue weighted by Crippen LogP contribution is 2.41. The number of benzene rings is 2. The Morgan fingerprint density at radius 3 is 2.67 bits per heavy atom. The van der Waals surface area contributed by atoms with Gasteiger partial charge < -0.3 is 19.7 Å². The van der Waals surface area contributed by atoms with Crippen LogP contribution in [0.25, 0.3) is 0 Å². The summed E-state index contributed by atoms with van der Waals surface area (Å²) in [5, 5.41) is 3.16. The number of nitrogens with zero attached hydrogens (tertiary/aromatic N) is 1. The molecule has 2 aliphatic heterocycles. The number of amides is 2. The Kier molecular flexibility index (Phi) is 5.41. The predicted octanol–water partition coefficient (Wildman–Crippen LogP) is 3.85. The SMILES string of the molecule is COc1ccc2c(c1)OC(C)(C)CC2NC(=O)c1ccc(CN2CCCC2=O)cc1. The molecule has 4 rings (SSSR count). The Morgan fingerprint density at radius 1 is 1.23 bits per heavy atom. The zero-order valence-electron chi connectivity index (χ0n) is 17.7. The van der Waals surface area contributed by atoms with Crippen LogP contribution in [-0.4, -0.2) is 36.0 Å². The van der Waals surface area contributed by atoms with Gasteiger partial charge in [0.1, 0.15) is 17.1 Å². The van der Waals surface area contributed by atoms with Crippen molar-refractivity contribution in [3.63, 3.8) is 0 Å². The maximum absolute atomic E-state index is 12.9. The van der Waals surface area contributed by atoms with Gasteiger partial charge in [-0.05, 0) is 50.1 Å². The molecule has 0 bridgehead atoms. The van der Waals surface area contributed by atoms with Gasteiger partial charge in [0.25, 0.3) is 5.91 Å². The monoisotopic (exact) mass is 408 g/mol. The van der Waals surface area contributed by atoms with Gasteiger partial charge in [-0.15, -0.1) is 0 Å². The number of nitrogens with one attached hydrogen (secondary N) is 1. The van der Waals surface area contributed by atoms with Crippen LogP contribution in [0.4, 0.5) is 0 Å². The van der Waals surface area contributed by atoms with Crippen molar-refractivity contribution in [1.29, 1.82) is 0 Å². The fourth-order valence-electron chi connectivity index (χ4n) is 4.18. The third-order valence-electron chi connectivity index (χ3n) is 5.74. The number of fused-ring (bicyclic) bond motifs is 1. The molecule has 1 saturated heterocycles. The van der Waals surface area contributed by atoms with Crippen LogP contribution < -0.4 is 14.8 Å². The van der Waals surface area contributed by atoms with Gasteiger partial charge in [0.05, 0.1) is 13.2 Å². The minimum Gasteiger partial charge on any atom is -0.497 e. The Bertz CT molecular complexity index is 952. The van der Waals surface area contributed by atoms with E-state index < -0.39 is 5.60 Å². The Balaban J connectivity index is 1.47. The molecule has 1 unspecified atom stereocenters. The van der Waals surface area contributed by atoms with Crippen LogP contribution in [0.15, 0.2) is 42.5 Å². The highest BCUT2D eigenvalue weighted by atomic mass is 16.5. The van der Waals surface area contributed by atoms with Crippen LogP contribution in [0.1, 0.15) is 60.6 Å². The van der Waals surface area contributed by atoms with Crippen molar-refractivity contribution in [1.82, 2.24) is 10.2 Å². The first-order valence-electron chi connectivity index (χ1n) is 10.4. The van der Waals surface area contributed by atoms with Gasteiger partial charge in [-0.1, -0.05) is 12.1 Å². The molecule has 6 heteroatoms. The number of hydrogen-bond donors (Lipinski definition) is 1. The molecule has 0 aromatic heterocycles. The Hall–Kier alpha value is -3.02. The summed E-state index contributed by atoms with van der Waals surface area (Å²) in [4.78, 5) is 26.6. The molecule has 2 amide bonds. The number of ether oxygens (including phenoxy) is 2. The van der Waals surface area contributed by atoms with Gasteiger partial charge in [0.2, 0.25) is 5.91 Å². The molecule has 1 atom stereocenters. The smallest absolute Gasteiger partial charge is 0.251 e. The van der Waals surface area contributed by atoms with Crippen molar-refractivity contribution in [3.05, 3.63) is 59.2 Å². The number of rotatable bonds is 5. The van der Waals surface area contributed by atoms with E-state index >= 15 is 0 Å². The molecule has 0 aliphatic carbocycles. The molecule has 0 saturated carbocycles. The zero-order valence-corrected chi connectivity index (χ0v) is 17.7. The first kappa shape index (κ1) is 20.3. The molecular weight excluding hydrogens is 380 g/mol. The van der Waals surface area contributed by atoms with Gasteiger partial charge in [0.15, 0.2) is 0 Å². The molecule has 1 fully saturated rings. The quantitative estimate of drug-likeness (QED) is 0.816. The molecule has 6 nitrogen and oxygen atoms in total. The topological polar surface area (TPSA) is 67.9 Å². The summed E-state index contributed by atoms with van der Waals surface area (Å²) in [7, 11) is 1.62. The van der Waals surface area contributed by atoms with E-state index in [0.717, 1.165) is 35.6 Å². The fourth-order valence-corrected chi connectivity index (χ4v) is 4.18. The van der Waals surface area contributed by atoms with Crippen molar-refractivity contribution in [2.24, 2.45) is 0 Å². The van der Waals surface area contributed by atoms with Gasteiger partial charge in [-0.3, -0.25) is 9.59 Å². The molecule has 2 aromatic carbocycles. The average Bonchev–Trinajstić information content (AvgIpc) is 3.11. The van der Waals surface area contributed by atoms with E-state index in [0.29, 0.717) is 24.9 Å². The minimum absolute atomic E-state index is 0.122. The highest BCUT2D eigenvalue weighted by molar-refractivity contribution is 5.94. The molecule has 2 aliphatic rings. The van der Waals surface area contributed by atoms with Crippen LogP contribution in [0.5, 0.6) is 11.5 Å². The number of methoxy groups -OCH3 is 1. The lowest BCUT2D eigenvalue weighted by Gasteiger charge is -2.38. The molecule has 0 radical (unpaired) electrons. The third-order valence-corrected chi connectivity index (χ3v) is 5.74. The van der Waals surface area contributed by atoms with Crippen molar-refractivity contribution < 1.29 is 19.1 Å². The van der Waals surface area contributed by atoms with Crippen molar-refractivity contribution in [2.45, 2.75) is 51.3 Å². The van der Waals surface area contributed by atoms with Gasteiger partial charge in [-0.25, -0.2) is 0 Å². The first-order chi connectivity index (χ1) is 14.3. The summed E-state index contributed by atoms with van der Waals surface area (Å²) in [6, 6.07) is 13.0. The lowest BCUT2D eigenvalue weighted by atomic mass is 9.89. The molecule has 2 aromatic rings. The van der Waals surface area contributed by atoms with E-state index in [2.05, 4.69) is 5.32 Å². The second kappa shape index (κ2) is 8.01. The molecule has 158 valence electrons. The Morgan fingerprint density at radius 2 is 2.00 bits per heavy atom.